The van der Waals surface area contributed by atoms with E-state index in [2.05, 4.69) is 22.8 Å². The summed E-state index contributed by atoms with van der Waals surface area (Å²) < 4.78 is 45.5. The highest BCUT2D eigenvalue weighted by atomic mass is 32.2. The van der Waals surface area contributed by atoms with Crippen LogP contribution in [0.25, 0.3) is 10.1 Å². The Bertz CT molecular complexity index is 1350. The van der Waals surface area contributed by atoms with Gasteiger partial charge in [-0.1, -0.05) is 18.2 Å². The van der Waals surface area contributed by atoms with Gasteiger partial charge in [0.1, 0.15) is 5.75 Å². The van der Waals surface area contributed by atoms with Crippen LogP contribution in [0.1, 0.15) is 17.9 Å². The normalized spacial score (nSPS) is 17.9. The second-order valence-electron chi connectivity index (χ2n) is 8.36. The third kappa shape index (κ3) is 6.13. The number of amides is 1. The van der Waals surface area contributed by atoms with Crippen molar-refractivity contribution in [1.29, 1.82) is 0 Å². The van der Waals surface area contributed by atoms with Gasteiger partial charge in [0.15, 0.2) is 5.76 Å². The minimum atomic E-state index is -3.87. The zero-order chi connectivity index (χ0) is 26.4. The molecule has 1 aromatic heterocycles. The molecule has 198 valence electrons. The molecule has 0 unspecified atom stereocenters. The van der Waals surface area contributed by atoms with Gasteiger partial charge in [0.05, 0.1) is 25.2 Å². The largest absolute Gasteiger partial charge is 0.497 e. The van der Waals surface area contributed by atoms with E-state index in [1.54, 1.807) is 29.5 Å². The Kier molecular flexibility index (Phi) is 8.83. The lowest BCUT2D eigenvalue weighted by Crippen LogP contribution is -2.38. The molecule has 0 saturated heterocycles. The van der Waals surface area contributed by atoms with Crippen molar-refractivity contribution in [2.24, 2.45) is 0 Å². The number of thiophene rings is 1. The Morgan fingerprint density at radius 3 is 2.65 bits per heavy atom. The van der Waals surface area contributed by atoms with E-state index in [0.29, 0.717) is 12.2 Å². The number of fused-ring (bicyclic) bond motifs is 1. The number of rotatable bonds is 11. The summed E-state index contributed by atoms with van der Waals surface area (Å²) in [5.74, 6) is 0.232. The van der Waals surface area contributed by atoms with Gasteiger partial charge >= 0.3 is 0 Å². The molecule has 2 atom stereocenters. The van der Waals surface area contributed by atoms with Crippen LogP contribution in [-0.2, 0) is 24.3 Å². The Morgan fingerprint density at radius 1 is 1.19 bits per heavy atom. The molecule has 0 bridgehead atoms. The van der Waals surface area contributed by atoms with Gasteiger partial charge < -0.3 is 24.6 Å². The molecule has 4 rings (SSSR count). The summed E-state index contributed by atoms with van der Waals surface area (Å²) >= 11 is 1.64. The highest BCUT2D eigenvalue weighted by molar-refractivity contribution is 7.89. The maximum atomic E-state index is 13.1. The lowest BCUT2D eigenvalue weighted by molar-refractivity contribution is -0.146. The minimum absolute atomic E-state index is 0.000146. The molecule has 3 aromatic rings. The highest BCUT2D eigenvalue weighted by Crippen LogP contribution is 2.38. The van der Waals surface area contributed by atoms with Crippen LogP contribution in [0.15, 0.2) is 70.6 Å². The van der Waals surface area contributed by atoms with Crippen LogP contribution in [0.3, 0.4) is 0 Å². The number of aliphatic hydroxyl groups is 1. The Labute approximate surface area is 220 Å². The SMILES string of the molecule is CNC(=O)C1=C[C@@H](c2csc3ccccc23)C[C@@H](OCCN(CCO)S(=O)(=O)c2ccc(OC)cc2)O1. The van der Waals surface area contributed by atoms with Crippen LogP contribution in [0.5, 0.6) is 5.75 Å². The molecule has 1 aliphatic rings. The van der Waals surface area contributed by atoms with Crippen LogP contribution in [0.4, 0.5) is 0 Å². The molecule has 37 heavy (non-hydrogen) atoms. The highest BCUT2D eigenvalue weighted by Gasteiger charge is 2.30. The van der Waals surface area contributed by atoms with E-state index in [-0.39, 0.29) is 48.8 Å². The first-order chi connectivity index (χ1) is 17.9. The second kappa shape index (κ2) is 12.1. The minimum Gasteiger partial charge on any atom is -0.497 e. The molecule has 0 fully saturated rings. The van der Waals surface area contributed by atoms with E-state index < -0.39 is 16.3 Å². The Hall–Kier alpha value is -2.96. The summed E-state index contributed by atoms with van der Waals surface area (Å²) in [6.07, 6.45) is 1.52. The fourth-order valence-corrected chi connectivity index (χ4v) is 6.63. The first-order valence-electron chi connectivity index (χ1n) is 11.8. The quantitative estimate of drug-likeness (QED) is 0.380. The number of hydrogen-bond donors (Lipinski definition) is 2. The van der Waals surface area contributed by atoms with Gasteiger partial charge in [0, 0.05) is 37.2 Å². The molecule has 0 saturated carbocycles. The first-order valence-corrected chi connectivity index (χ1v) is 14.1. The first kappa shape index (κ1) is 27.1. The van der Waals surface area contributed by atoms with Crippen molar-refractivity contribution >= 4 is 37.4 Å². The van der Waals surface area contributed by atoms with E-state index in [4.69, 9.17) is 14.2 Å². The molecule has 9 nitrogen and oxygen atoms in total. The molecule has 2 heterocycles. The number of carbonyl (C=O) groups excluding carboxylic acids is 1. The number of nitrogens with zero attached hydrogens (tertiary/aromatic N) is 1. The average Bonchev–Trinajstić information content (AvgIpc) is 3.36. The molecule has 2 aromatic carbocycles. The molecule has 0 spiro atoms. The third-order valence-electron chi connectivity index (χ3n) is 6.11. The van der Waals surface area contributed by atoms with Gasteiger partial charge in [-0.05, 0) is 52.7 Å². The summed E-state index contributed by atoms with van der Waals surface area (Å²) in [6, 6.07) is 14.1. The number of allylic oxidation sites excluding steroid dienone is 1. The van der Waals surface area contributed by atoms with E-state index in [1.165, 1.54) is 26.3 Å². The van der Waals surface area contributed by atoms with Gasteiger partial charge in [-0.25, -0.2) is 8.42 Å². The van der Waals surface area contributed by atoms with E-state index in [0.717, 1.165) is 20.0 Å². The van der Waals surface area contributed by atoms with Crippen molar-refractivity contribution in [3.63, 3.8) is 0 Å². The van der Waals surface area contributed by atoms with Gasteiger partial charge in [-0.3, -0.25) is 4.79 Å². The molecular weight excluding hydrogens is 516 g/mol. The van der Waals surface area contributed by atoms with Crippen molar-refractivity contribution in [2.75, 3.05) is 40.5 Å². The maximum Gasteiger partial charge on any atom is 0.285 e. The molecule has 1 amide bonds. The van der Waals surface area contributed by atoms with Crippen LogP contribution in [0, 0.1) is 0 Å². The summed E-state index contributed by atoms with van der Waals surface area (Å²) in [7, 11) is -0.834. The standard InChI is InChI=1S/C26H30N2O7S2/c1-27-26(30)23-15-18(22-17-36-24-6-4-3-5-21(22)24)16-25(35-23)34-14-12-28(11-13-29)37(31,32)20-9-7-19(33-2)8-10-20/h3-10,15,17-18,25,29H,11-14,16H2,1-2H3,(H,27,30)/t18-,25+/m1/s1. The molecule has 1 aliphatic heterocycles. The van der Waals surface area contributed by atoms with Crippen molar-refractivity contribution in [2.45, 2.75) is 23.5 Å². The fourth-order valence-electron chi connectivity index (χ4n) is 4.19. The van der Waals surface area contributed by atoms with Crippen molar-refractivity contribution in [3.8, 4) is 5.75 Å². The van der Waals surface area contributed by atoms with Crippen LogP contribution in [0.2, 0.25) is 0 Å². The van der Waals surface area contributed by atoms with Gasteiger partial charge in [0.2, 0.25) is 16.3 Å². The predicted octanol–water partition coefficient (Wildman–Crippen LogP) is 3.07. The smallest absolute Gasteiger partial charge is 0.285 e. The number of benzene rings is 2. The molecule has 11 heteroatoms. The number of aliphatic hydroxyl groups excluding tert-OH is 1. The van der Waals surface area contributed by atoms with Gasteiger partial charge in [-0.15, -0.1) is 11.3 Å². The van der Waals surface area contributed by atoms with Crippen LogP contribution in [-0.4, -0.2) is 70.5 Å². The summed E-state index contributed by atoms with van der Waals surface area (Å²) in [5.41, 5.74) is 1.09. The molecule has 2 N–H and O–H groups in total. The van der Waals surface area contributed by atoms with E-state index >= 15 is 0 Å². The van der Waals surface area contributed by atoms with Crippen molar-refractivity contribution < 1.29 is 32.5 Å². The fraction of sp³-hybridized carbons (Fsp3) is 0.346. The second-order valence-corrected chi connectivity index (χ2v) is 11.2. The number of sulfonamides is 1. The number of nitrogens with one attached hydrogen (secondary N) is 1. The predicted molar refractivity (Wildman–Crippen MR) is 141 cm³/mol. The Balaban J connectivity index is 1.47. The van der Waals surface area contributed by atoms with E-state index in [1.807, 2.05) is 12.1 Å². The molecular formula is C26H30N2O7S2. The van der Waals surface area contributed by atoms with Crippen LogP contribution >= 0.6 is 11.3 Å². The van der Waals surface area contributed by atoms with Gasteiger partial charge in [-0.2, -0.15) is 4.31 Å². The third-order valence-corrected chi connectivity index (χ3v) is 9.00. The van der Waals surface area contributed by atoms with Crippen molar-refractivity contribution in [1.82, 2.24) is 9.62 Å². The van der Waals surface area contributed by atoms with Crippen molar-refractivity contribution in [3.05, 3.63) is 71.3 Å². The number of ether oxygens (including phenoxy) is 3. The number of methoxy groups -OCH3 is 1. The summed E-state index contributed by atoms with van der Waals surface area (Å²) in [6.45, 7) is -0.416. The van der Waals surface area contributed by atoms with Crippen LogP contribution < -0.4 is 10.1 Å². The zero-order valence-corrected chi connectivity index (χ0v) is 22.3. The van der Waals surface area contributed by atoms with Gasteiger partial charge in [0.25, 0.3) is 5.91 Å². The number of likely N-dealkylation sites (N-methyl/N-ethyl adjacent to an activating group) is 1. The topological polar surface area (TPSA) is 114 Å². The number of hydrogen-bond acceptors (Lipinski definition) is 8. The number of carbonyl (C=O) groups is 1. The molecule has 0 aliphatic carbocycles. The molecule has 0 radical (unpaired) electrons. The zero-order valence-electron chi connectivity index (χ0n) is 20.6. The average molecular weight is 547 g/mol. The summed E-state index contributed by atoms with van der Waals surface area (Å²) in [5, 5.41) is 15.3. The summed E-state index contributed by atoms with van der Waals surface area (Å²) in [4.78, 5) is 12.5. The van der Waals surface area contributed by atoms with E-state index in [9.17, 15) is 18.3 Å². The lowest BCUT2D eigenvalue weighted by Gasteiger charge is -2.30. The Morgan fingerprint density at radius 2 is 1.95 bits per heavy atom. The lowest BCUT2D eigenvalue weighted by atomic mass is 9.92. The maximum absolute atomic E-state index is 13.1. The monoisotopic (exact) mass is 546 g/mol.